The first-order chi connectivity index (χ1) is 7.59. The molecule has 0 spiro atoms. The molecule has 2 N–H and O–H groups in total. The Morgan fingerprint density at radius 2 is 2.38 bits per heavy atom. The Morgan fingerprint density at radius 3 is 2.94 bits per heavy atom. The van der Waals surface area contributed by atoms with Crippen LogP contribution in [0.1, 0.15) is 30.2 Å². The van der Waals surface area contributed by atoms with Crippen LogP contribution >= 0.6 is 11.3 Å². The van der Waals surface area contributed by atoms with Crippen LogP contribution in [0.4, 0.5) is 0 Å². The van der Waals surface area contributed by atoms with E-state index in [2.05, 4.69) is 23.7 Å². The molecule has 0 bridgehead atoms. The molecular formula is C12H19NO2S. The topological polar surface area (TPSA) is 49.3 Å². The van der Waals surface area contributed by atoms with Crippen molar-refractivity contribution in [3.63, 3.8) is 0 Å². The first kappa shape index (κ1) is 13.2. The molecule has 0 saturated carbocycles. The van der Waals surface area contributed by atoms with Gasteiger partial charge in [0.15, 0.2) is 0 Å². The Hall–Kier alpha value is -0.870. The lowest BCUT2D eigenvalue weighted by atomic mass is 10.1. The van der Waals surface area contributed by atoms with E-state index >= 15 is 0 Å². The first-order valence-electron chi connectivity index (χ1n) is 5.57. The van der Waals surface area contributed by atoms with E-state index in [1.165, 1.54) is 10.4 Å². The van der Waals surface area contributed by atoms with Crippen molar-refractivity contribution in [1.82, 2.24) is 5.32 Å². The smallest absolute Gasteiger partial charge is 0.220 e. The molecule has 1 amide bonds. The molecule has 1 aromatic rings. The minimum absolute atomic E-state index is 0.0232. The van der Waals surface area contributed by atoms with Crippen LogP contribution in [0.5, 0.6) is 0 Å². The van der Waals surface area contributed by atoms with Crippen molar-refractivity contribution in [3.8, 4) is 0 Å². The molecule has 1 aromatic heterocycles. The molecule has 4 heteroatoms. The number of amides is 1. The van der Waals surface area contributed by atoms with Gasteiger partial charge < -0.3 is 10.4 Å². The van der Waals surface area contributed by atoms with Crippen LogP contribution in [-0.4, -0.2) is 23.7 Å². The highest BCUT2D eigenvalue weighted by Crippen LogP contribution is 2.17. The van der Waals surface area contributed by atoms with Gasteiger partial charge in [0.05, 0.1) is 6.10 Å². The van der Waals surface area contributed by atoms with E-state index in [0.717, 1.165) is 12.8 Å². The van der Waals surface area contributed by atoms with Crippen molar-refractivity contribution in [1.29, 1.82) is 0 Å². The molecule has 0 aliphatic carbocycles. The summed E-state index contributed by atoms with van der Waals surface area (Å²) in [5.74, 6) is 0.0232. The maximum atomic E-state index is 11.3. The van der Waals surface area contributed by atoms with Crippen LogP contribution < -0.4 is 5.32 Å². The van der Waals surface area contributed by atoms with Crippen molar-refractivity contribution in [2.45, 2.75) is 39.2 Å². The number of rotatable bonds is 6. The zero-order valence-electron chi connectivity index (χ0n) is 9.82. The van der Waals surface area contributed by atoms with Crippen LogP contribution in [0.15, 0.2) is 11.4 Å². The number of hydrogen-bond donors (Lipinski definition) is 2. The summed E-state index contributed by atoms with van der Waals surface area (Å²) < 4.78 is 0. The maximum absolute atomic E-state index is 11.3. The molecule has 16 heavy (non-hydrogen) atoms. The van der Waals surface area contributed by atoms with Gasteiger partial charge in [0.2, 0.25) is 5.91 Å². The minimum Gasteiger partial charge on any atom is -0.392 e. The molecule has 0 aromatic carbocycles. The summed E-state index contributed by atoms with van der Waals surface area (Å²) in [7, 11) is 0. The Kier molecular flexibility index (Phi) is 5.49. The second kappa shape index (κ2) is 6.66. The molecule has 1 heterocycles. The monoisotopic (exact) mass is 241 g/mol. The summed E-state index contributed by atoms with van der Waals surface area (Å²) in [6.45, 7) is 4.10. The molecular weight excluding hydrogens is 222 g/mol. The number of nitrogens with one attached hydrogen (secondary N) is 1. The van der Waals surface area contributed by atoms with E-state index in [1.807, 2.05) is 0 Å². The lowest BCUT2D eigenvalue weighted by Crippen LogP contribution is -2.30. The van der Waals surface area contributed by atoms with Crippen molar-refractivity contribution in [2.24, 2.45) is 0 Å². The van der Waals surface area contributed by atoms with E-state index in [0.29, 0.717) is 13.0 Å². The summed E-state index contributed by atoms with van der Waals surface area (Å²) in [5.41, 5.74) is 1.31. The SMILES string of the molecule is Cc1ccsc1CCCC(=O)NCC(C)O. The summed E-state index contributed by atoms with van der Waals surface area (Å²) in [6.07, 6.45) is 1.89. The quantitative estimate of drug-likeness (QED) is 0.799. The average Bonchev–Trinajstić information content (AvgIpc) is 2.61. The van der Waals surface area contributed by atoms with Crippen molar-refractivity contribution in [3.05, 3.63) is 21.9 Å². The number of hydrogen-bond acceptors (Lipinski definition) is 3. The zero-order valence-corrected chi connectivity index (χ0v) is 10.6. The largest absolute Gasteiger partial charge is 0.392 e. The van der Waals surface area contributed by atoms with E-state index < -0.39 is 6.10 Å². The Bertz CT molecular complexity index is 334. The van der Waals surface area contributed by atoms with Crippen LogP contribution in [0, 0.1) is 6.92 Å². The third kappa shape index (κ3) is 4.77. The molecule has 0 fully saturated rings. The zero-order chi connectivity index (χ0) is 12.0. The molecule has 0 saturated heterocycles. The predicted molar refractivity (Wildman–Crippen MR) is 66.7 cm³/mol. The molecule has 0 aliphatic heterocycles. The maximum Gasteiger partial charge on any atom is 0.220 e. The third-order valence-corrected chi connectivity index (χ3v) is 3.45. The average molecular weight is 241 g/mol. The third-order valence-electron chi connectivity index (χ3n) is 2.37. The van der Waals surface area contributed by atoms with Gasteiger partial charge in [-0.3, -0.25) is 4.79 Å². The van der Waals surface area contributed by atoms with E-state index in [9.17, 15) is 4.79 Å². The normalized spacial score (nSPS) is 12.4. The second-order valence-corrected chi connectivity index (χ2v) is 5.03. The van der Waals surface area contributed by atoms with Gasteiger partial charge in [-0.05, 0) is 43.7 Å². The van der Waals surface area contributed by atoms with Gasteiger partial charge in [-0.2, -0.15) is 0 Å². The lowest BCUT2D eigenvalue weighted by molar-refractivity contribution is -0.121. The standard InChI is InChI=1S/C12H19NO2S/c1-9-6-7-16-11(9)4-3-5-12(15)13-8-10(2)14/h6-7,10,14H,3-5,8H2,1-2H3,(H,13,15). The van der Waals surface area contributed by atoms with Crippen LogP contribution in [0.25, 0.3) is 0 Å². The van der Waals surface area contributed by atoms with Crippen molar-refractivity contribution >= 4 is 17.2 Å². The van der Waals surface area contributed by atoms with Gasteiger partial charge >= 0.3 is 0 Å². The van der Waals surface area contributed by atoms with E-state index in [1.54, 1.807) is 18.3 Å². The molecule has 90 valence electrons. The molecule has 3 nitrogen and oxygen atoms in total. The number of carbonyl (C=O) groups is 1. The molecule has 0 radical (unpaired) electrons. The number of aliphatic hydroxyl groups excluding tert-OH is 1. The fourth-order valence-corrected chi connectivity index (χ4v) is 2.37. The summed E-state index contributed by atoms with van der Waals surface area (Å²) in [6, 6.07) is 2.10. The Labute approximate surface area is 100 Å². The van der Waals surface area contributed by atoms with E-state index in [4.69, 9.17) is 5.11 Å². The van der Waals surface area contributed by atoms with Crippen LogP contribution in [0.3, 0.4) is 0 Å². The summed E-state index contributed by atoms with van der Waals surface area (Å²) in [4.78, 5) is 12.7. The van der Waals surface area contributed by atoms with Crippen LogP contribution in [-0.2, 0) is 11.2 Å². The number of aliphatic hydroxyl groups is 1. The molecule has 1 rings (SSSR count). The fourth-order valence-electron chi connectivity index (χ4n) is 1.42. The number of aryl methyl sites for hydroxylation is 2. The molecule has 1 unspecified atom stereocenters. The highest BCUT2D eigenvalue weighted by atomic mass is 32.1. The second-order valence-electron chi connectivity index (χ2n) is 4.03. The van der Waals surface area contributed by atoms with Gasteiger partial charge in [0.25, 0.3) is 0 Å². The number of carbonyl (C=O) groups excluding carboxylic acids is 1. The van der Waals surface area contributed by atoms with E-state index in [-0.39, 0.29) is 5.91 Å². The van der Waals surface area contributed by atoms with Gasteiger partial charge in [-0.25, -0.2) is 0 Å². The van der Waals surface area contributed by atoms with Gasteiger partial charge in [0.1, 0.15) is 0 Å². The number of thiophene rings is 1. The van der Waals surface area contributed by atoms with Gasteiger partial charge in [-0.15, -0.1) is 11.3 Å². The first-order valence-corrected chi connectivity index (χ1v) is 6.45. The Balaban J connectivity index is 2.16. The minimum atomic E-state index is -0.469. The summed E-state index contributed by atoms with van der Waals surface area (Å²) in [5, 5.41) is 13.8. The lowest BCUT2D eigenvalue weighted by Gasteiger charge is -2.06. The Morgan fingerprint density at radius 1 is 1.62 bits per heavy atom. The summed E-state index contributed by atoms with van der Waals surface area (Å²) >= 11 is 1.75. The van der Waals surface area contributed by atoms with Crippen molar-refractivity contribution in [2.75, 3.05) is 6.54 Å². The molecule has 0 aliphatic rings. The van der Waals surface area contributed by atoms with Crippen LogP contribution in [0.2, 0.25) is 0 Å². The van der Waals surface area contributed by atoms with Gasteiger partial charge in [-0.1, -0.05) is 0 Å². The highest BCUT2D eigenvalue weighted by Gasteiger charge is 2.04. The molecule has 1 atom stereocenters. The van der Waals surface area contributed by atoms with Gasteiger partial charge in [0, 0.05) is 17.8 Å². The highest BCUT2D eigenvalue weighted by molar-refractivity contribution is 7.10. The fraction of sp³-hybridized carbons (Fsp3) is 0.583. The predicted octanol–water partition coefficient (Wildman–Crippen LogP) is 1.88. The van der Waals surface area contributed by atoms with Crippen molar-refractivity contribution < 1.29 is 9.90 Å².